The summed E-state index contributed by atoms with van der Waals surface area (Å²) in [6.07, 6.45) is 0.356. The molecule has 0 aromatic heterocycles. The smallest absolute Gasteiger partial charge is 0.305 e. The maximum absolute atomic E-state index is 11.2. The molecule has 5 nitrogen and oxygen atoms in total. The van der Waals surface area contributed by atoms with Crippen LogP contribution < -0.4 is 10.6 Å². The minimum atomic E-state index is -0.898. The van der Waals surface area contributed by atoms with Crippen LogP contribution >= 0.6 is 0 Å². The van der Waals surface area contributed by atoms with Gasteiger partial charge in [0, 0.05) is 19.0 Å². The summed E-state index contributed by atoms with van der Waals surface area (Å²) in [4.78, 5) is 21.3. The van der Waals surface area contributed by atoms with Crippen LogP contribution in [0.4, 0.5) is 0 Å². The zero-order chi connectivity index (χ0) is 11.0. The van der Waals surface area contributed by atoms with Gasteiger partial charge in [-0.15, -0.1) is 0 Å². The largest absolute Gasteiger partial charge is 0.481 e. The number of rotatable bonds is 7. The average molecular weight is 202 g/mol. The van der Waals surface area contributed by atoms with E-state index >= 15 is 0 Å². The number of carboxylic acids is 1. The van der Waals surface area contributed by atoms with E-state index in [1.807, 2.05) is 13.8 Å². The third-order valence-corrected chi connectivity index (χ3v) is 1.71. The van der Waals surface area contributed by atoms with Gasteiger partial charge in [0.25, 0.3) is 0 Å². The van der Waals surface area contributed by atoms with Gasteiger partial charge in [-0.3, -0.25) is 9.59 Å². The van der Waals surface area contributed by atoms with E-state index in [4.69, 9.17) is 5.11 Å². The Bertz CT molecular complexity index is 194. The van der Waals surface area contributed by atoms with E-state index in [0.717, 1.165) is 6.54 Å². The second-order valence-electron chi connectivity index (χ2n) is 3.16. The van der Waals surface area contributed by atoms with Crippen LogP contribution in [0.3, 0.4) is 0 Å². The molecule has 3 N–H and O–H groups in total. The quantitative estimate of drug-likeness (QED) is 0.541. The third kappa shape index (κ3) is 7.54. The van der Waals surface area contributed by atoms with Crippen molar-refractivity contribution in [3.05, 3.63) is 0 Å². The topological polar surface area (TPSA) is 78.4 Å². The number of hydrogen-bond donors (Lipinski definition) is 3. The molecule has 14 heavy (non-hydrogen) atoms. The fourth-order valence-corrected chi connectivity index (χ4v) is 1.08. The molecule has 0 bridgehead atoms. The van der Waals surface area contributed by atoms with Crippen LogP contribution in [0.25, 0.3) is 0 Å². The Morgan fingerprint density at radius 3 is 2.57 bits per heavy atom. The number of carboxylic acid groups (broad SMARTS) is 1. The highest BCUT2D eigenvalue weighted by atomic mass is 16.4. The Morgan fingerprint density at radius 2 is 2.07 bits per heavy atom. The number of hydrogen-bond acceptors (Lipinski definition) is 3. The Kier molecular flexibility index (Phi) is 6.74. The molecule has 0 aliphatic carbocycles. The van der Waals surface area contributed by atoms with Crippen LogP contribution in [0.1, 0.15) is 26.7 Å². The van der Waals surface area contributed by atoms with E-state index in [2.05, 4.69) is 10.6 Å². The third-order valence-electron chi connectivity index (χ3n) is 1.71. The molecule has 1 amide bonds. The highest BCUT2D eigenvalue weighted by Crippen LogP contribution is 1.89. The molecule has 0 spiro atoms. The molecular formula is C9H18N2O3. The Labute approximate surface area is 83.9 Å². The fourth-order valence-electron chi connectivity index (χ4n) is 1.08. The molecule has 1 unspecified atom stereocenters. The van der Waals surface area contributed by atoms with Gasteiger partial charge in [-0.2, -0.15) is 0 Å². The zero-order valence-corrected chi connectivity index (χ0v) is 8.67. The molecule has 5 heteroatoms. The van der Waals surface area contributed by atoms with Crippen LogP contribution in [0.5, 0.6) is 0 Å². The highest BCUT2D eigenvalue weighted by molar-refractivity contribution is 5.77. The average Bonchev–Trinajstić information content (AvgIpc) is 2.03. The minimum absolute atomic E-state index is 0.0265. The molecule has 0 aromatic carbocycles. The molecule has 0 aliphatic heterocycles. The van der Waals surface area contributed by atoms with Crippen molar-refractivity contribution >= 4 is 11.9 Å². The zero-order valence-electron chi connectivity index (χ0n) is 8.67. The van der Waals surface area contributed by atoms with Crippen LogP contribution in [0.2, 0.25) is 0 Å². The van der Waals surface area contributed by atoms with Crippen molar-refractivity contribution in [2.45, 2.75) is 32.7 Å². The monoisotopic (exact) mass is 202 g/mol. The van der Waals surface area contributed by atoms with E-state index in [0.29, 0.717) is 6.42 Å². The molecule has 0 rings (SSSR count). The van der Waals surface area contributed by atoms with Gasteiger partial charge in [0.2, 0.25) is 5.91 Å². The van der Waals surface area contributed by atoms with E-state index in [1.165, 1.54) is 0 Å². The summed E-state index contributed by atoms with van der Waals surface area (Å²) >= 11 is 0. The molecule has 82 valence electrons. The first-order valence-electron chi connectivity index (χ1n) is 4.78. The maximum atomic E-state index is 11.2. The molecule has 0 radical (unpaired) electrons. The lowest BCUT2D eigenvalue weighted by molar-refractivity contribution is -0.136. The van der Waals surface area contributed by atoms with Gasteiger partial charge < -0.3 is 15.7 Å². The lowest BCUT2D eigenvalue weighted by Gasteiger charge is -2.11. The summed E-state index contributed by atoms with van der Waals surface area (Å²) in [6, 6.07) is 0.129. The minimum Gasteiger partial charge on any atom is -0.481 e. The van der Waals surface area contributed by atoms with E-state index in [-0.39, 0.29) is 24.9 Å². The van der Waals surface area contributed by atoms with Crippen molar-refractivity contribution in [1.29, 1.82) is 0 Å². The molecule has 0 saturated carbocycles. The van der Waals surface area contributed by atoms with Gasteiger partial charge in [-0.25, -0.2) is 0 Å². The first-order chi connectivity index (χ1) is 6.56. The van der Waals surface area contributed by atoms with Gasteiger partial charge in [0.05, 0.1) is 6.42 Å². The molecule has 0 aliphatic rings. The predicted octanol–water partition coefficient (Wildman–Crippen LogP) is -0.0346. The second kappa shape index (κ2) is 7.32. The number of carbonyl (C=O) groups is 2. The van der Waals surface area contributed by atoms with Crippen LogP contribution in [-0.2, 0) is 9.59 Å². The summed E-state index contributed by atoms with van der Waals surface area (Å²) in [6.45, 7) is 4.91. The lowest BCUT2D eigenvalue weighted by atomic mass is 10.2. The number of nitrogens with one attached hydrogen (secondary N) is 2. The van der Waals surface area contributed by atoms with Gasteiger partial charge in [0.1, 0.15) is 0 Å². The van der Waals surface area contributed by atoms with Gasteiger partial charge in [-0.1, -0.05) is 6.92 Å². The summed E-state index contributed by atoms with van der Waals surface area (Å²) < 4.78 is 0. The van der Waals surface area contributed by atoms with Gasteiger partial charge >= 0.3 is 5.97 Å². The van der Waals surface area contributed by atoms with Crippen molar-refractivity contribution in [2.75, 3.05) is 13.1 Å². The maximum Gasteiger partial charge on any atom is 0.305 e. The number of carbonyl (C=O) groups excluding carboxylic acids is 1. The normalized spacial score (nSPS) is 12.1. The number of amides is 1. The van der Waals surface area contributed by atoms with E-state index < -0.39 is 5.97 Å². The van der Waals surface area contributed by atoms with Gasteiger partial charge in [0.15, 0.2) is 0 Å². The van der Waals surface area contributed by atoms with Crippen molar-refractivity contribution in [1.82, 2.24) is 10.6 Å². The lowest BCUT2D eigenvalue weighted by Crippen LogP contribution is -2.34. The molecule has 0 heterocycles. The summed E-state index contributed by atoms with van der Waals surface area (Å²) in [5.41, 5.74) is 0. The fraction of sp³-hybridized carbons (Fsp3) is 0.778. The van der Waals surface area contributed by atoms with Crippen LogP contribution in [0.15, 0.2) is 0 Å². The highest BCUT2D eigenvalue weighted by Gasteiger charge is 2.07. The summed E-state index contributed by atoms with van der Waals surface area (Å²) in [7, 11) is 0. The molecule has 0 aromatic rings. The van der Waals surface area contributed by atoms with Crippen molar-refractivity contribution in [2.24, 2.45) is 0 Å². The van der Waals surface area contributed by atoms with Crippen molar-refractivity contribution < 1.29 is 14.7 Å². The predicted molar refractivity (Wildman–Crippen MR) is 53.0 cm³/mol. The summed E-state index contributed by atoms with van der Waals surface area (Å²) in [5.74, 6) is -1.01. The Hall–Kier alpha value is -1.10. The second-order valence-corrected chi connectivity index (χ2v) is 3.16. The first kappa shape index (κ1) is 12.9. The van der Waals surface area contributed by atoms with Crippen molar-refractivity contribution in [3.63, 3.8) is 0 Å². The van der Waals surface area contributed by atoms with Crippen molar-refractivity contribution in [3.8, 4) is 0 Å². The molecule has 0 fully saturated rings. The van der Waals surface area contributed by atoms with Crippen LogP contribution in [-0.4, -0.2) is 36.1 Å². The molecule has 1 atom stereocenters. The molecular weight excluding hydrogens is 184 g/mol. The Balaban J connectivity index is 3.50. The number of aliphatic carboxylic acids is 1. The summed E-state index contributed by atoms with van der Waals surface area (Å²) in [5, 5.41) is 14.0. The Morgan fingerprint density at radius 1 is 1.43 bits per heavy atom. The standard InChI is InChI=1S/C9H18N2O3/c1-3-10-7(2)6-8(12)11-5-4-9(13)14/h7,10H,3-6H2,1-2H3,(H,11,12)(H,13,14). The van der Waals surface area contributed by atoms with Crippen LogP contribution in [0, 0.1) is 0 Å². The first-order valence-corrected chi connectivity index (χ1v) is 4.78. The molecule has 0 saturated heterocycles. The van der Waals surface area contributed by atoms with Gasteiger partial charge in [-0.05, 0) is 13.5 Å². The van der Waals surface area contributed by atoms with E-state index in [9.17, 15) is 9.59 Å². The van der Waals surface area contributed by atoms with E-state index in [1.54, 1.807) is 0 Å². The SMILES string of the molecule is CCNC(C)CC(=O)NCCC(=O)O.